The third kappa shape index (κ3) is 4.05. The average molecular weight is 464 g/mol. The molecule has 0 radical (unpaired) electrons. The molecule has 0 aliphatic carbocycles. The van der Waals surface area contributed by atoms with Gasteiger partial charge in [0.15, 0.2) is 0 Å². The first kappa shape index (κ1) is 20.7. The van der Waals surface area contributed by atoms with Crippen LogP contribution in [-0.4, -0.2) is 43.5 Å². The van der Waals surface area contributed by atoms with Gasteiger partial charge in [0.05, 0.1) is 19.3 Å². The molecule has 0 N–H and O–H groups in total. The summed E-state index contributed by atoms with van der Waals surface area (Å²) in [7, 11) is 1.40. The van der Waals surface area contributed by atoms with Gasteiger partial charge in [0, 0.05) is 22.5 Å². The summed E-state index contributed by atoms with van der Waals surface area (Å²) in [6.45, 7) is 3.04. The summed E-state index contributed by atoms with van der Waals surface area (Å²) in [6.07, 6.45) is 2.20. The molecule has 3 rings (SSSR count). The lowest BCUT2D eigenvalue weighted by Gasteiger charge is -2.31. The van der Waals surface area contributed by atoms with Gasteiger partial charge in [0.25, 0.3) is 0 Å². The van der Waals surface area contributed by atoms with E-state index in [1.807, 2.05) is 36.6 Å². The Morgan fingerprint density at radius 1 is 1.21 bits per heavy atom. The number of benzene rings is 2. The van der Waals surface area contributed by atoms with E-state index in [1.54, 1.807) is 11.8 Å². The predicted octanol–water partition coefficient (Wildman–Crippen LogP) is 5.14. The number of carbonyl (C=O) groups excluding carboxylic acids is 2. The smallest absolute Gasteiger partial charge is 0.410 e. The van der Waals surface area contributed by atoms with Gasteiger partial charge in [0.2, 0.25) is 0 Å². The molecule has 2 aromatic rings. The highest BCUT2D eigenvalue weighted by molar-refractivity contribution is 9.10. The summed E-state index contributed by atoms with van der Waals surface area (Å²) < 4.78 is 11.2. The SMILES string of the molecule is CCOC(=O)N1CCc2c(c(-c3ccc(Br)cc3)cc(SC)c2C(=O)OC)C1. The molecule has 0 bridgehead atoms. The van der Waals surface area contributed by atoms with Crippen LogP contribution in [0.2, 0.25) is 0 Å². The summed E-state index contributed by atoms with van der Waals surface area (Å²) in [6, 6.07) is 10.1. The molecule has 28 heavy (non-hydrogen) atoms. The van der Waals surface area contributed by atoms with Crippen LogP contribution >= 0.6 is 27.7 Å². The average Bonchev–Trinajstić information content (AvgIpc) is 2.72. The lowest BCUT2D eigenvalue weighted by molar-refractivity contribution is 0.0594. The Hall–Kier alpha value is -1.99. The van der Waals surface area contributed by atoms with Crippen LogP contribution in [0.1, 0.15) is 28.4 Å². The van der Waals surface area contributed by atoms with Crippen molar-refractivity contribution in [2.45, 2.75) is 24.8 Å². The normalized spacial score (nSPS) is 13.1. The minimum atomic E-state index is -0.340. The molecule has 148 valence electrons. The van der Waals surface area contributed by atoms with Gasteiger partial charge in [-0.2, -0.15) is 0 Å². The van der Waals surface area contributed by atoms with Gasteiger partial charge < -0.3 is 14.4 Å². The zero-order chi connectivity index (χ0) is 20.3. The van der Waals surface area contributed by atoms with Crippen molar-refractivity contribution in [2.75, 3.05) is 26.5 Å². The molecule has 0 fully saturated rings. The molecular weight excluding hydrogens is 442 g/mol. The molecule has 5 nitrogen and oxygen atoms in total. The lowest BCUT2D eigenvalue weighted by Crippen LogP contribution is -2.37. The van der Waals surface area contributed by atoms with Gasteiger partial charge in [0.1, 0.15) is 0 Å². The van der Waals surface area contributed by atoms with Gasteiger partial charge in [-0.3, -0.25) is 0 Å². The number of nitrogens with zero attached hydrogens (tertiary/aromatic N) is 1. The maximum Gasteiger partial charge on any atom is 0.410 e. The van der Waals surface area contributed by atoms with Crippen LogP contribution in [0, 0.1) is 0 Å². The molecule has 0 spiro atoms. The van der Waals surface area contributed by atoms with E-state index in [0.717, 1.165) is 31.6 Å². The number of ether oxygens (including phenoxy) is 2. The number of carbonyl (C=O) groups is 2. The number of thioether (sulfide) groups is 1. The van der Waals surface area contributed by atoms with Crippen molar-refractivity contribution in [2.24, 2.45) is 0 Å². The summed E-state index contributed by atoms with van der Waals surface area (Å²) in [5.74, 6) is -0.340. The molecule has 1 amide bonds. The summed E-state index contributed by atoms with van der Waals surface area (Å²) in [5.41, 5.74) is 4.59. The van der Waals surface area contributed by atoms with Gasteiger partial charge in [-0.1, -0.05) is 28.1 Å². The number of hydrogen-bond donors (Lipinski definition) is 0. The fraction of sp³-hybridized carbons (Fsp3) is 0.333. The first-order chi connectivity index (χ1) is 13.5. The predicted molar refractivity (Wildman–Crippen MR) is 114 cm³/mol. The van der Waals surface area contributed by atoms with E-state index in [9.17, 15) is 9.59 Å². The lowest BCUT2D eigenvalue weighted by atomic mass is 9.87. The number of fused-ring (bicyclic) bond motifs is 1. The second-order valence-corrected chi connectivity index (χ2v) is 8.09. The zero-order valence-corrected chi connectivity index (χ0v) is 18.5. The number of methoxy groups -OCH3 is 1. The molecular formula is C21H22BrNO4S. The summed E-state index contributed by atoms with van der Waals surface area (Å²) >= 11 is 5.00. The number of esters is 1. The molecule has 0 aromatic heterocycles. The first-order valence-electron chi connectivity index (χ1n) is 8.98. The fourth-order valence-corrected chi connectivity index (χ4v) is 4.38. The molecule has 0 saturated carbocycles. The van der Waals surface area contributed by atoms with Crippen LogP contribution in [0.25, 0.3) is 11.1 Å². The summed E-state index contributed by atoms with van der Waals surface area (Å²) in [5, 5.41) is 0. The summed E-state index contributed by atoms with van der Waals surface area (Å²) in [4.78, 5) is 27.4. The minimum absolute atomic E-state index is 0.330. The van der Waals surface area contributed by atoms with E-state index < -0.39 is 0 Å². The Morgan fingerprint density at radius 3 is 2.54 bits per heavy atom. The van der Waals surface area contributed by atoms with Gasteiger partial charge >= 0.3 is 12.1 Å². The number of halogens is 1. The maximum absolute atomic E-state index is 12.5. The van der Waals surface area contributed by atoms with E-state index in [4.69, 9.17) is 9.47 Å². The molecule has 1 heterocycles. The molecule has 0 atom stereocenters. The number of amides is 1. The Kier molecular flexibility index (Phi) is 6.67. The maximum atomic E-state index is 12.5. The fourth-order valence-electron chi connectivity index (χ4n) is 3.47. The number of rotatable bonds is 4. The number of hydrogen-bond acceptors (Lipinski definition) is 5. The van der Waals surface area contributed by atoms with Crippen molar-refractivity contribution in [3.05, 3.63) is 51.5 Å². The quantitative estimate of drug-likeness (QED) is 0.464. The Labute approximate surface area is 177 Å². The third-order valence-electron chi connectivity index (χ3n) is 4.78. The van der Waals surface area contributed by atoms with Crippen molar-refractivity contribution < 1.29 is 19.1 Å². The zero-order valence-electron chi connectivity index (χ0n) is 16.1. The van der Waals surface area contributed by atoms with Crippen molar-refractivity contribution in [3.63, 3.8) is 0 Å². The topological polar surface area (TPSA) is 55.8 Å². The standard InChI is InChI=1S/C21H22BrNO4S/c1-4-27-21(25)23-10-9-15-17(12-23)16(13-5-7-14(22)8-6-13)11-18(28-3)19(15)20(24)26-2/h5-8,11H,4,9-10,12H2,1-3H3. The van der Waals surface area contributed by atoms with E-state index >= 15 is 0 Å². The largest absolute Gasteiger partial charge is 0.465 e. The Morgan fingerprint density at radius 2 is 1.93 bits per heavy atom. The van der Waals surface area contributed by atoms with Crippen molar-refractivity contribution in [1.29, 1.82) is 0 Å². The third-order valence-corrected chi connectivity index (χ3v) is 6.07. The second kappa shape index (κ2) is 9.01. The van der Waals surface area contributed by atoms with E-state index in [1.165, 1.54) is 18.9 Å². The van der Waals surface area contributed by atoms with Gasteiger partial charge in [-0.05, 0) is 60.1 Å². The van der Waals surface area contributed by atoms with E-state index in [-0.39, 0.29) is 12.1 Å². The van der Waals surface area contributed by atoms with Crippen molar-refractivity contribution in [1.82, 2.24) is 4.90 Å². The van der Waals surface area contributed by atoms with Crippen LogP contribution < -0.4 is 0 Å². The monoisotopic (exact) mass is 463 g/mol. The minimum Gasteiger partial charge on any atom is -0.465 e. The van der Waals surface area contributed by atoms with Crippen LogP contribution in [0.15, 0.2) is 39.7 Å². The van der Waals surface area contributed by atoms with Gasteiger partial charge in [-0.25, -0.2) is 9.59 Å². The Balaban J connectivity index is 2.18. The van der Waals surface area contributed by atoms with Crippen LogP contribution in [0.3, 0.4) is 0 Å². The molecule has 7 heteroatoms. The second-order valence-electron chi connectivity index (χ2n) is 6.33. The molecule has 0 saturated heterocycles. The molecule has 1 aliphatic heterocycles. The van der Waals surface area contributed by atoms with Crippen LogP contribution in [-0.2, 0) is 22.4 Å². The highest BCUT2D eigenvalue weighted by Gasteiger charge is 2.30. The molecule has 2 aromatic carbocycles. The highest BCUT2D eigenvalue weighted by atomic mass is 79.9. The molecule has 0 unspecified atom stereocenters. The molecule has 1 aliphatic rings. The van der Waals surface area contributed by atoms with Crippen molar-refractivity contribution in [3.8, 4) is 11.1 Å². The van der Waals surface area contributed by atoms with E-state index in [0.29, 0.717) is 31.7 Å². The van der Waals surface area contributed by atoms with E-state index in [2.05, 4.69) is 15.9 Å². The first-order valence-corrected chi connectivity index (χ1v) is 11.0. The van der Waals surface area contributed by atoms with Crippen molar-refractivity contribution >= 4 is 39.8 Å². The van der Waals surface area contributed by atoms with Crippen LogP contribution in [0.4, 0.5) is 4.79 Å². The highest BCUT2D eigenvalue weighted by Crippen LogP contribution is 2.38. The van der Waals surface area contributed by atoms with Crippen LogP contribution in [0.5, 0.6) is 0 Å². The van der Waals surface area contributed by atoms with Gasteiger partial charge in [-0.15, -0.1) is 11.8 Å². The Bertz CT molecular complexity index is 898.